The van der Waals surface area contributed by atoms with E-state index in [1.807, 2.05) is 0 Å². The molecule has 13 heavy (non-hydrogen) atoms. The van der Waals surface area contributed by atoms with E-state index in [9.17, 15) is 13.2 Å². The highest BCUT2D eigenvalue weighted by Gasteiger charge is 2.30. The first-order valence-corrected chi connectivity index (χ1v) is 3.34. The Morgan fingerprint density at radius 2 is 1.69 bits per heavy atom. The zero-order valence-electron chi connectivity index (χ0n) is 6.44. The Morgan fingerprint density at radius 1 is 1.15 bits per heavy atom. The summed E-state index contributed by atoms with van der Waals surface area (Å²) in [5.74, 6) is 0. The van der Waals surface area contributed by atoms with Gasteiger partial charge in [-0.1, -0.05) is 7.43 Å². The number of halogens is 3. The first-order chi connectivity index (χ1) is 5.39. The molecule has 0 saturated heterocycles. The molecule has 0 atom stereocenters. The summed E-state index contributed by atoms with van der Waals surface area (Å²) in [6.45, 7) is 1.58. The molecule has 0 heterocycles. The van der Waals surface area contributed by atoms with E-state index >= 15 is 0 Å². The van der Waals surface area contributed by atoms with E-state index < -0.39 is 11.7 Å². The van der Waals surface area contributed by atoms with Gasteiger partial charge in [-0.25, -0.2) is 0 Å². The van der Waals surface area contributed by atoms with E-state index in [1.54, 1.807) is 6.92 Å². The van der Waals surface area contributed by atoms with Gasteiger partial charge in [0, 0.05) is 5.69 Å². The average molecular weight is 191 g/mol. The Morgan fingerprint density at radius 3 is 2.08 bits per heavy atom. The fourth-order valence-electron chi connectivity index (χ4n) is 0.976. The molecule has 4 heteroatoms. The summed E-state index contributed by atoms with van der Waals surface area (Å²) < 4.78 is 36.3. The van der Waals surface area contributed by atoms with Crippen LogP contribution in [0.2, 0.25) is 0 Å². The number of hydrogen-bond donors (Lipinski definition) is 1. The summed E-state index contributed by atoms with van der Waals surface area (Å²) in [6.07, 6.45) is -4.31. The molecule has 0 radical (unpaired) electrons. The van der Waals surface area contributed by atoms with Crippen molar-refractivity contribution in [2.24, 2.45) is 0 Å². The quantitative estimate of drug-likeness (QED) is 0.626. The van der Waals surface area contributed by atoms with E-state index in [1.165, 1.54) is 6.07 Å². The third-order valence-electron chi connectivity index (χ3n) is 1.43. The van der Waals surface area contributed by atoms with Crippen molar-refractivity contribution in [3.63, 3.8) is 0 Å². The van der Waals surface area contributed by atoms with E-state index in [0.29, 0.717) is 5.56 Å². The highest BCUT2D eigenvalue weighted by Crippen LogP contribution is 2.30. The molecule has 0 unspecified atom stereocenters. The third-order valence-corrected chi connectivity index (χ3v) is 1.43. The fraction of sp³-hybridized carbons (Fsp3) is 0.333. The van der Waals surface area contributed by atoms with Gasteiger partial charge in [-0.3, -0.25) is 0 Å². The van der Waals surface area contributed by atoms with Crippen LogP contribution in [0.4, 0.5) is 18.9 Å². The lowest BCUT2D eigenvalue weighted by Crippen LogP contribution is -2.05. The topological polar surface area (TPSA) is 26.0 Å². The lowest BCUT2D eigenvalue weighted by molar-refractivity contribution is -0.137. The number of aryl methyl sites for hydroxylation is 1. The summed E-state index contributed by atoms with van der Waals surface area (Å²) in [6, 6.07) is 3.48. The first-order valence-electron chi connectivity index (χ1n) is 3.34. The van der Waals surface area contributed by atoms with Crippen molar-refractivity contribution in [1.29, 1.82) is 0 Å². The molecule has 0 amide bonds. The molecule has 1 aromatic rings. The predicted octanol–water partition coefficient (Wildman–Crippen LogP) is 3.23. The SMILES string of the molecule is C.Cc1cc(N)cc(C(F)(F)F)c1. The minimum absolute atomic E-state index is 0. The molecule has 1 aromatic carbocycles. The van der Waals surface area contributed by atoms with Crippen LogP contribution in [0.1, 0.15) is 18.6 Å². The van der Waals surface area contributed by atoms with Gasteiger partial charge in [-0.05, 0) is 30.7 Å². The lowest BCUT2D eigenvalue weighted by atomic mass is 10.1. The van der Waals surface area contributed by atoms with Gasteiger partial charge in [0.15, 0.2) is 0 Å². The van der Waals surface area contributed by atoms with Crippen molar-refractivity contribution in [2.75, 3.05) is 5.73 Å². The standard InChI is InChI=1S/C8H8F3N.CH4/c1-5-2-6(8(9,10)11)4-7(12)3-5;/h2-4H,12H2,1H3;1H4. The average Bonchev–Trinajstić information content (AvgIpc) is 1.82. The van der Waals surface area contributed by atoms with Gasteiger partial charge >= 0.3 is 6.18 Å². The number of anilines is 1. The van der Waals surface area contributed by atoms with Gasteiger partial charge in [0.2, 0.25) is 0 Å². The maximum atomic E-state index is 12.1. The van der Waals surface area contributed by atoms with Crippen molar-refractivity contribution < 1.29 is 13.2 Å². The lowest BCUT2D eigenvalue weighted by Gasteiger charge is -2.07. The summed E-state index contributed by atoms with van der Waals surface area (Å²) in [4.78, 5) is 0. The summed E-state index contributed by atoms with van der Waals surface area (Å²) in [7, 11) is 0. The molecule has 0 fully saturated rings. The van der Waals surface area contributed by atoms with Crippen molar-refractivity contribution in [2.45, 2.75) is 20.5 Å². The molecule has 1 nitrogen and oxygen atoms in total. The Labute approximate surface area is 75.4 Å². The highest BCUT2D eigenvalue weighted by atomic mass is 19.4. The van der Waals surface area contributed by atoms with Gasteiger partial charge in [0.1, 0.15) is 0 Å². The Bertz CT molecular complexity index is 271. The molecule has 0 bridgehead atoms. The molecule has 0 aliphatic rings. The predicted molar refractivity (Wildman–Crippen MR) is 47.3 cm³/mol. The molecule has 0 aliphatic carbocycles. The number of benzene rings is 1. The Hall–Kier alpha value is -1.19. The van der Waals surface area contributed by atoms with Crippen molar-refractivity contribution >= 4 is 5.69 Å². The van der Waals surface area contributed by atoms with Crippen LogP contribution in [0, 0.1) is 6.92 Å². The summed E-state index contributed by atoms with van der Waals surface area (Å²) >= 11 is 0. The smallest absolute Gasteiger partial charge is 0.399 e. The van der Waals surface area contributed by atoms with Crippen LogP contribution < -0.4 is 5.73 Å². The molecule has 0 spiro atoms. The molecular weight excluding hydrogens is 179 g/mol. The van der Waals surface area contributed by atoms with Crippen molar-refractivity contribution in [3.05, 3.63) is 29.3 Å². The van der Waals surface area contributed by atoms with Gasteiger partial charge < -0.3 is 5.73 Å². The van der Waals surface area contributed by atoms with Crippen molar-refractivity contribution in [1.82, 2.24) is 0 Å². The van der Waals surface area contributed by atoms with Crippen LogP contribution in [-0.2, 0) is 6.18 Å². The zero-order valence-corrected chi connectivity index (χ0v) is 6.44. The van der Waals surface area contributed by atoms with E-state index in [-0.39, 0.29) is 13.1 Å². The minimum atomic E-state index is -4.31. The van der Waals surface area contributed by atoms with Crippen molar-refractivity contribution in [3.8, 4) is 0 Å². The normalized spacial score (nSPS) is 10.8. The summed E-state index contributed by atoms with van der Waals surface area (Å²) in [5, 5.41) is 0. The third kappa shape index (κ3) is 2.97. The van der Waals surface area contributed by atoms with Gasteiger partial charge in [0.25, 0.3) is 0 Å². The number of hydrogen-bond acceptors (Lipinski definition) is 1. The van der Waals surface area contributed by atoms with Gasteiger partial charge in [-0.2, -0.15) is 13.2 Å². The Kier molecular flexibility index (Phi) is 3.34. The number of nitrogens with two attached hydrogens (primary N) is 1. The number of alkyl halides is 3. The number of nitrogen functional groups attached to an aromatic ring is 1. The van der Waals surface area contributed by atoms with E-state index in [2.05, 4.69) is 0 Å². The van der Waals surface area contributed by atoms with Crippen LogP contribution in [0.5, 0.6) is 0 Å². The van der Waals surface area contributed by atoms with E-state index in [0.717, 1.165) is 12.1 Å². The molecule has 0 aliphatic heterocycles. The molecule has 0 aromatic heterocycles. The molecule has 74 valence electrons. The summed E-state index contributed by atoms with van der Waals surface area (Å²) in [5.41, 5.74) is 5.22. The fourth-order valence-corrected chi connectivity index (χ4v) is 0.976. The highest BCUT2D eigenvalue weighted by molar-refractivity contribution is 5.45. The molecule has 1 rings (SSSR count). The number of rotatable bonds is 0. The molecule has 2 N–H and O–H groups in total. The van der Waals surface area contributed by atoms with E-state index in [4.69, 9.17) is 5.73 Å². The second-order valence-electron chi connectivity index (χ2n) is 2.63. The maximum absolute atomic E-state index is 12.1. The van der Waals surface area contributed by atoms with Crippen LogP contribution in [0.3, 0.4) is 0 Å². The van der Waals surface area contributed by atoms with Crippen LogP contribution in [-0.4, -0.2) is 0 Å². The van der Waals surface area contributed by atoms with Crippen LogP contribution in [0.25, 0.3) is 0 Å². The maximum Gasteiger partial charge on any atom is 0.416 e. The zero-order chi connectivity index (χ0) is 9.35. The van der Waals surface area contributed by atoms with Crippen LogP contribution in [0.15, 0.2) is 18.2 Å². The molecule has 0 saturated carbocycles. The second-order valence-corrected chi connectivity index (χ2v) is 2.63. The van der Waals surface area contributed by atoms with Gasteiger partial charge in [-0.15, -0.1) is 0 Å². The minimum Gasteiger partial charge on any atom is -0.399 e. The van der Waals surface area contributed by atoms with Crippen LogP contribution >= 0.6 is 0 Å². The monoisotopic (exact) mass is 191 g/mol. The second kappa shape index (κ2) is 3.68. The molecular formula is C9H12F3N. The Balaban J connectivity index is 0.00000144. The van der Waals surface area contributed by atoms with Gasteiger partial charge in [0.05, 0.1) is 5.56 Å². The largest absolute Gasteiger partial charge is 0.416 e. The first kappa shape index (κ1) is 11.8.